The second-order valence-electron chi connectivity index (χ2n) is 2.47. The van der Waals surface area contributed by atoms with Gasteiger partial charge >= 0.3 is 0 Å². The molecule has 2 N–H and O–H groups in total. The molecule has 1 aliphatic rings. The van der Waals surface area contributed by atoms with E-state index in [1.54, 1.807) is 0 Å². The normalized spacial score (nSPS) is 23.1. The Morgan fingerprint density at radius 2 is 2.27 bits per heavy atom. The number of rotatable bonds is 4. The highest BCUT2D eigenvalue weighted by molar-refractivity contribution is 5.77. The SMILES string of the molecule is OCCC1=NC(CCO)CO1. The summed E-state index contributed by atoms with van der Waals surface area (Å²) in [6.07, 6.45) is 1.14. The lowest BCUT2D eigenvalue weighted by molar-refractivity contribution is 0.244. The van der Waals surface area contributed by atoms with Crippen LogP contribution in [0.25, 0.3) is 0 Å². The molecule has 0 aromatic carbocycles. The zero-order valence-electron chi connectivity index (χ0n) is 6.36. The highest BCUT2D eigenvalue weighted by Crippen LogP contribution is 2.09. The number of hydrogen-bond donors (Lipinski definition) is 2. The van der Waals surface area contributed by atoms with Crippen LogP contribution in [0.4, 0.5) is 0 Å². The maximum atomic E-state index is 8.57. The Morgan fingerprint density at radius 1 is 1.45 bits per heavy atom. The van der Waals surface area contributed by atoms with Crippen LogP contribution in [0.5, 0.6) is 0 Å². The Morgan fingerprint density at radius 3 is 2.91 bits per heavy atom. The first-order valence-electron chi connectivity index (χ1n) is 3.78. The Hall–Kier alpha value is -0.610. The van der Waals surface area contributed by atoms with Gasteiger partial charge in [0.15, 0.2) is 5.90 Å². The summed E-state index contributed by atoms with van der Waals surface area (Å²) >= 11 is 0. The van der Waals surface area contributed by atoms with Crippen LogP contribution in [0.3, 0.4) is 0 Å². The summed E-state index contributed by atoms with van der Waals surface area (Å²) in [7, 11) is 0. The Labute approximate surface area is 65.5 Å². The van der Waals surface area contributed by atoms with Crippen LogP contribution in [0, 0.1) is 0 Å². The summed E-state index contributed by atoms with van der Waals surface area (Å²) in [6, 6.07) is 0.0987. The standard InChI is InChI=1S/C7H13NO3/c9-3-1-6-5-11-7(8-6)2-4-10/h6,9-10H,1-5H2. The van der Waals surface area contributed by atoms with Gasteiger partial charge in [-0.05, 0) is 6.42 Å². The van der Waals surface area contributed by atoms with E-state index in [4.69, 9.17) is 14.9 Å². The minimum absolute atomic E-state index is 0.0741. The molecule has 0 saturated heterocycles. The van der Waals surface area contributed by atoms with E-state index in [2.05, 4.69) is 4.99 Å². The topological polar surface area (TPSA) is 62.1 Å². The van der Waals surface area contributed by atoms with E-state index >= 15 is 0 Å². The summed E-state index contributed by atoms with van der Waals surface area (Å²) < 4.78 is 5.14. The molecule has 0 aliphatic carbocycles. The lowest BCUT2D eigenvalue weighted by atomic mass is 10.2. The van der Waals surface area contributed by atoms with Gasteiger partial charge in [-0.25, -0.2) is 4.99 Å². The number of aliphatic hydroxyl groups excluding tert-OH is 2. The van der Waals surface area contributed by atoms with Crippen molar-refractivity contribution in [2.24, 2.45) is 4.99 Å². The molecular formula is C7H13NO3. The Bertz CT molecular complexity index is 147. The minimum Gasteiger partial charge on any atom is -0.479 e. The fourth-order valence-corrected chi connectivity index (χ4v) is 1.000. The molecule has 0 radical (unpaired) electrons. The largest absolute Gasteiger partial charge is 0.479 e. The molecule has 1 unspecified atom stereocenters. The van der Waals surface area contributed by atoms with Crippen molar-refractivity contribution in [3.63, 3.8) is 0 Å². The number of hydrogen-bond acceptors (Lipinski definition) is 4. The van der Waals surface area contributed by atoms with E-state index < -0.39 is 0 Å². The third kappa shape index (κ3) is 2.48. The summed E-state index contributed by atoms with van der Waals surface area (Å²) in [6.45, 7) is 0.768. The van der Waals surface area contributed by atoms with Crippen molar-refractivity contribution < 1.29 is 14.9 Å². The molecule has 0 amide bonds. The Kier molecular flexibility index (Phi) is 3.32. The summed E-state index contributed by atoms with van der Waals surface area (Å²) in [4.78, 5) is 4.14. The van der Waals surface area contributed by atoms with Gasteiger partial charge < -0.3 is 14.9 Å². The first-order valence-corrected chi connectivity index (χ1v) is 3.78. The molecule has 64 valence electrons. The molecule has 1 atom stereocenters. The maximum absolute atomic E-state index is 8.57. The van der Waals surface area contributed by atoms with Crippen LogP contribution in [0.2, 0.25) is 0 Å². The van der Waals surface area contributed by atoms with E-state index in [-0.39, 0.29) is 19.3 Å². The molecule has 4 nitrogen and oxygen atoms in total. The molecule has 0 aromatic rings. The number of nitrogens with zero attached hydrogens (tertiary/aromatic N) is 1. The van der Waals surface area contributed by atoms with Crippen LogP contribution >= 0.6 is 0 Å². The van der Waals surface area contributed by atoms with Crippen LogP contribution < -0.4 is 0 Å². The van der Waals surface area contributed by atoms with Crippen LogP contribution in [0.1, 0.15) is 12.8 Å². The Balaban J connectivity index is 2.28. The molecule has 0 saturated carbocycles. The predicted molar refractivity (Wildman–Crippen MR) is 40.6 cm³/mol. The van der Waals surface area contributed by atoms with Gasteiger partial charge in [0.05, 0.1) is 12.6 Å². The van der Waals surface area contributed by atoms with Crippen LogP contribution in [-0.4, -0.2) is 42.0 Å². The monoisotopic (exact) mass is 159 g/mol. The molecule has 1 heterocycles. The molecule has 0 fully saturated rings. The van der Waals surface area contributed by atoms with Crippen molar-refractivity contribution in [2.75, 3.05) is 19.8 Å². The van der Waals surface area contributed by atoms with Gasteiger partial charge in [0, 0.05) is 13.0 Å². The van der Waals surface area contributed by atoms with Gasteiger partial charge in [-0.3, -0.25) is 0 Å². The number of ether oxygens (including phenoxy) is 1. The van der Waals surface area contributed by atoms with Gasteiger partial charge in [-0.2, -0.15) is 0 Å². The first-order chi connectivity index (χ1) is 5.36. The lowest BCUT2D eigenvalue weighted by Crippen LogP contribution is -2.07. The zero-order chi connectivity index (χ0) is 8.10. The highest BCUT2D eigenvalue weighted by atomic mass is 16.5. The predicted octanol–water partition coefficient (Wildman–Crippen LogP) is -0.452. The average Bonchev–Trinajstić information content (AvgIpc) is 2.38. The van der Waals surface area contributed by atoms with E-state index in [1.807, 2.05) is 0 Å². The van der Waals surface area contributed by atoms with E-state index in [1.165, 1.54) is 0 Å². The summed E-state index contributed by atoms with van der Waals surface area (Å²) in [5.41, 5.74) is 0. The third-order valence-electron chi connectivity index (χ3n) is 1.56. The minimum atomic E-state index is 0.0741. The fraction of sp³-hybridized carbons (Fsp3) is 0.857. The molecule has 0 bridgehead atoms. The lowest BCUT2D eigenvalue weighted by Gasteiger charge is -1.99. The molecule has 4 heteroatoms. The average molecular weight is 159 g/mol. The van der Waals surface area contributed by atoms with Crippen LogP contribution in [-0.2, 0) is 4.74 Å². The van der Waals surface area contributed by atoms with Crippen molar-refractivity contribution in [3.05, 3.63) is 0 Å². The summed E-state index contributed by atoms with van der Waals surface area (Å²) in [5.74, 6) is 0.617. The first kappa shape index (κ1) is 8.49. The van der Waals surface area contributed by atoms with Gasteiger partial charge in [0.1, 0.15) is 6.61 Å². The van der Waals surface area contributed by atoms with E-state index in [0.29, 0.717) is 25.3 Å². The van der Waals surface area contributed by atoms with Crippen molar-refractivity contribution in [1.29, 1.82) is 0 Å². The molecule has 1 aliphatic heterocycles. The fourth-order valence-electron chi connectivity index (χ4n) is 1.000. The second-order valence-corrected chi connectivity index (χ2v) is 2.47. The van der Waals surface area contributed by atoms with Gasteiger partial charge in [0.2, 0.25) is 0 Å². The van der Waals surface area contributed by atoms with Crippen molar-refractivity contribution in [3.8, 4) is 0 Å². The third-order valence-corrected chi connectivity index (χ3v) is 1.56. The molecule has 0 aromatic heterocycles. The quantitative estimate of drug-likeness (QED) is 0.584. The molecule has 0 spiro atoms. The van der Waals surface area contributed by atoms with Gasteiger partial charge in [0.25, 0.3) is 0 Å². The molecular weight excluding hydrogens is 146 g/mol. The number of aliphatic hydroxyl groups is 2. The van der Waals surface area contributed by atoms with Crippen molar-refractivity contribution in [2.45, 2.75) is 18.9 Å². The smallest absolute Gasteiger partial charge is 0.185 e. The van der Waals surface area contributed by atoms with E-state index in [9.17, 15) is 0 Å². The van der Waals surface area contributed by atoms with Gasteiger partial charge in [-0.1, -0.05) is 0 Å². The van der Waals surface area contributed by atoms with Gasteiger partial charge in [-0.15, -0.1) is 0 Å². The van der Waals surface area contributed by atoms with E-state index in [0.717, 1.165) is 0 Å². The second kappa shape index (κ2) is 4.31. The van der Waals surface area contributed by atoms with Crippen LogP contribution in [0.15, 0.2) is 4.99 Å². The maximum Gasteiger partial charge on any atom is 0.185 e. The zero-order valence-corrected chi connectivity index (χ0v) is 6.36. The highest BCUT2D eigenvalue weighted by Gasteiger charge is 2.16. The molecule has 11 heavy (non-hydrogen) atoms. The summed E-state index contributed by atoms with van der Waals surface area (Å²) in [5, 5.41) is 17.1. The molecule has 1 rings (SSSR count). The van der Waals surface area contributed by atoms with Crippen molar-refractivity contribution in [1.82, 2.24) is 0 Å². The van der Waals surface area contributed by atoms with Crippen molar-refractivity contribution >= 4 is 5.90 Å². The number of aliphatic imine (C=N–C) groups is 1.